The van der Waals surface area contributed by atoms with Crippen LogP contribution in [0.5, 0.6) is 0 Å². The molecule has 0 saturated heterocycles. The van der Waals surface area contributed by atoms with Crippen molar-refractivity contribution in [1.82, 2.24) is 0 Å². The summed E-state index contributed by atoms with van der Waals surface area (Å²) < 4.78 is 19.1. The molecule has 102 valence electrons. The van der Waals surface area contributed by atoms with Crippen molar-refractivity contribution in [1.29, 1.82) is 0 Å². The van der Waals surface area contributed by atoms with E-state index in [9.17, 15) is 9.50 Å². The Kier molecular flexibility index (Phi) is 3.47. The third-order valence-electron chi connectivity index (χ3n) is 3.33. The van der Waals surface area contributed by atoms with Gasteiger partial charge in [0.05, 0.1) is 12.4 Å². The average Bonchev–Trinajstić information content (AvgIpc) is 2.87. The Labute approximate surface area is 120 Å². The van der Waals surface area contributed by atoms with Gasteiger partial charge in [-0.25, -0.2) is 4.39 Å². The fraction of sp³-hybridized carbons (Fsp3) is 0.125. The summed E-state index contributed by atoms with van der Waals surface area (Å²) in [6, 6.07) is 11.9. The minimum absolute atomic E-state index is 0.106. The first kappa shape index (κ1) is 13.2. The molecule has 3 aromatic rings. The van der Waals surface area contributed by atoms with Gasteiger partial charge in [-0.3, -0.25) is 0 Å². The fourth-order valence-corrected chi connectivity index (χ4v) is 2.53. The number of halogens is 2. The van der Waals surface area contributed by atoms with Crippen molar-refractivity contribution < 1.29 is 13.9 Å². The lowest BCUT2D eigenvalue weighted by Crippen LogP contribution is -2.03. The number of furan rings is 1. The molecule has 0 fully saturated rings. The molecule has 1 heterocycles. The standard InChI is InChI=1S/C16H12ClFO2/c17-13-5-3-6-14(18)11(13)8-15(19)12-9-20-16-7-2-1-4-10(12)16/h1-7,9,15,19H,8H2. The van der Waals surface area contributed by atoms with Crippen LogP contribution in [0.2, 0.25) is 5.02 Å². The molecule has 1 unspecified atom stereocenters. The smallest absolute Gasteiger partial charge is 0.134 e. The summed E-state index contributed by atoms with van der Waals surface area (Å²) in [6.45, 7) is 0. The van der Waals surface area contributed by atoms with Gasteiger partial charge in [0.2, 0.25) is 0 Å². The molecule has 1 atom stereocenters. The van der Waals surface area contributed by atoms with E-state index < -0.39 is 11.9 Å². The summed E-state index contributed by atoms with van der Waals surface area (Å²) in [5, 5.41) is 11.5. The molecule has 0 amide bonds. The van der Waals surface area contributed by atoms with E-state index in [1.807, 2.05) is 24.3 Å². The fourth-order valence-electron chi connectivity index (χ4n) is 2.29. The molecule has 0 aliphatic rings. The predicted molar refractivity (Wildman–Crippen MR) is 76.3 cm³/mol. The van der Waals surface area contributed by atoms with Crippen molar-refractivity contribution in [2.24, 2.45) is 0 Å². The lowest BCUT2D eigenvalue weighted by atomic mass is 10.0. The van der Waals surface area contributed by atoms with Gasteiger partial charge in [0, 0.05) is 28.0 Å². The van der Waals surface area contributed by atoms with E-state index >= 15 is 0 Å². The zero-order valence-corrected chi connectivity index (χ0v) is 11.3. The molecule has 20 heavy (non-hydrogen) atoms. The van der Waals surface area contributed by atoms with Gasteiger partial charge in [-0.2, -0.15) is 0 Å². The lowest BCUT2D eigenvalue weighted by Gasteiger charge is -2.11. The lowest BCUT2D eigenvalue weighted by molar-refractivity contribution is 0.177. The van der Waals surface area contributed by atoms with Crippen molar-refractivity contribution in [3.63, 3.8) is 0 Å². The van der Waals surface area contributed by atoms with Crippen LogP contribution < -0.4 is 0 Å². The molecule has 0 spiro atoms. The zero-order chi connectivity index (χ0) is 14.1. The molecule has 0 aliphatic carbocycles. The highest BCUT2D eigenvalue weighted by Crippen LogP contribution is 2.30. The van der Waals surface area contributed by atoms with Gasteiger partial charge in [0.1, 0.15) is 11.4 Å². The van der Waals surface area contributed by atoms with Crippen LogP contribution in [0.4, 0.5) is 4.39 Å². The maximum atomic E-state index is 13.7. The molecular formula is C16H12ClFO2. The van der Waals surface area contributed by atoms with Gasteiger partial charge >= 0.3 is 0 Å². The third-order valence-corrected chi connectivity index (χ3v) is 3.68. The van der Waals surface area contributed by atoms with E-state index in [1.54, 1.807) is 12.1 Å². The second kappa shape index (κ2) is 5.27. The molecule has 0 bridgehead atoms. The highest BCUT2D eigenvalue weighted by Gasteiger charge is 2.18. The summed E-state index contributed by atoms with van der Waals surface area (Å²) >= 11 is 5.98. The van der Waals surface area contributed by atoms with Gasteiger partial charge in [-0.15, -0.1) is 0 Å². The van der Waals surface area contributed by atoms with Gasteiger partial charge < -0.3 is 9.52 Å². The average molecular weight is 291 g/mol. The van der Waals surface area contributed by atoms with Crippen LogP contribution in [0.1, 0.15) is 17.2 Å². The zero-order valence-electron chi connectivity index (χ0n) is 10.5. The Hall–Kier alpha value is -1.84. The van der Waals surface area contributed by atoms with Crippen LogP contribution in [0.25, 0.3) is 11.0 Å². The van der Waals surface area contributed by atoms with E-state index in [-0.39, 0.29) is 6.42 Å². The predicted octanol–water partition coefficient (Wildman–Crippen LogP) is 4.50. The van der Waals surface area contributed by atoms with E-state index in [0.29, 0.717) is 21.7 Å². The van der Waals surface area contributed by atoms with Crippen molar-refractivity contribution >= 4 is 22.6 Å². The van der Waals surface area contributed by atoms with E-state index in [1.165, 1.54) is 12.3 Å². The number of fused-ring (bicyclic) bond motifs is 1. The summed E-state index contributed by atoms with van der Waals surface area (Å²) in [4.78, 5) is 0. The first-order valence-electron chi connectivity index (χ1n) is 6.24. The van der Waals surface area contributed by atoms with Crippen LogP contribution in [-0.4, -0.2) is 5.11 Å². The summed E-state index contributed by atoms with van der Waals surface area (Å²) in [7, 11) is 0. The van der Waals surface area contributed by atoms with Crippen LogP contribution in [0.15, 0.2) is 53.1 Å². The van der Waals surface area contributed by atoms with Gasteiger partial charge in [0.25, 0.3) is 0 Å². The van der Waals surface area contributed by atoms with Gasteiger partial charge in [-0.05, 0) is 18.2 Å². The second-order valence-electron chi connectivity index (χ2n) is 4.61. The number of para-hydroxylation sites is 1. The minimum atomic E-state index is -0.868. The number of hydrogen-bond acceptors (Lipinski definition) is 2. The maximum Gasteiger partial charge on any atom is 0.134 e. The molecule has 0 aliphatic heterocycles. The monoisotopic (exact) mass is 290 g/mol. The summed E-state index contributed by atoms with van der Waals surface area (Å²) in [5.41, 5.74) is 1.65. The topological polar surface area (TPSA) is 33.4 Å². The molecule has 2 aromatic carbocycles. The van der Waals surface area contributed by atoms with E-state index in [2.05, 4.69) is 0 Å². The molecule has 1 N–H and O–H groups in total. The Morgan fingerprint density at radius 1 is 1.15 bits per heavy atom. The van der Waals surface area contributed by atoms with Crippen molar-refractivity contribution in [3.8, 4) is 0 Å². The molecule has 0 radical (unpaired) electrons. The number of aliphatic hydroxyl groups excluding tert-OH is 1. The Morgan fingerprint density at radius 3 is 2.75 bits per heavy atom. The van der Waals surface area contributed by atoms with Crippen LogP contribution in [0, 0.1) is 5.82 Å². The number of benzene rings is 2. The molecule has 0 saturated carbocycles. The summed E-state index contributed by atoms with van der Waals surface area (Å²) in [5.74, 6) is -0.413. The second-order valence-corrected chi connectivity index (χ2v) is 5.01. The first-order chi connectivity index (χ1) is 9.66. The van der Waals surface area contributed by atoms with Gasteiger partial charge in [0.15, 0.2) is 0 Å². The molecule has 1 aromatic heterocycles. The normalized spacial score (nSPS) is 12.8. The van der Waals surface area contributed by atoms with E-state index in [4.69, 9.17) is 16.0 Å². The largest absolute Gasteiger partial charge is 0.464 e. The molecular weight excluding hydrogens is 279 g/mol. The molecule has 3 rings (SSSR count). The first-order valence-corrected chi connectivity index (χ1v) is 6.61. The van der Waals surface area contributed by atoms with Gasteiger partial charge in [-0.1, -0.05) is 35.9 Å². The molecule has 2 nitrogen and oxygen atoms in total. The van der Waals surface area contributed by atoms with Crippen molar-refractivity contribution in [2.45, 2.75) is 12.5 Å². The summed E-state index contributed by atoms with van der Waals surface area (Å²) in [6.07, 6.45) is 0.743. The van der Waals surface area contributed by atoms with Crippen LogP contribution in [0.3, 0.4) is 0 Å². The van der Waals surface area contributed by atoms with Crippen molar-refractivity contribution in [2.75, 3.05) is 0 Å². The number of rotatable bonds is 3. The maximum absolute atomic E-state index is 13.7. The number of hydrogen-bond donors (Lipinski definition) is 1. The number of aliphatic hydroxyl groups is 1. The van der Waals surface area contributed by atoms with E-state index in [0.717, 1.165) is 5.39 Å². The van der Waals surface area contributed by atoms with Crippen molar-refractivity contribution in [3.05, 3.63) is 70.7 Å². The Bertz CT molecular complexity index is 731. The van der Waals surface area contributed by atoms with Crippen LogP contribution >= 0.6 is 11.6 Å². The Balaban J connectivity index is 1.95. The SMILES string of the molecule is OC(Cc1c(F)cccc1Cl)c1coc2ccccc12. The minimum Gasteiger partial charge on any atom is -0.464 e. The highest BCUT2D eigenvalue weighted by atomic mass is 35.5. The molecule has 4 heteroatoms. The Morgan fingerprint density at radius 2 is 1.95 bits per heavy atom. The quantitative estimate of drug-likeness (QED) is 0.770. The third kappa shape index (κ3) is 2.30. The highest BCUT2D eigenvalue weighted by molar-refractivity contribution is 6.31. The van der Waals surface area contributed by atoms with Crippen LogP contribution in [-0.2, 0) is 6.42 Å².